The van der Waals surface area contributed by atoms with Crippen LogP contribution in [0.3, 0.4) is 0 Å². The molecule has 70 valence electrons. The van der Waals surface area contributed by atoms with Crippen LogP contribution in [0.15, 0.2) is 23.5 Å². The molecule has 0 aromatic carbocycles. The maximum atomic E-state index is 10.3. The molecule has 2 atom stereocenters. The van der Waals surface area contributed by atoms with Gasteiger partial charge in [-0.25, -0.2) is 0 Å². The summed E-state index contributed by atoms with van der Waals surface area (Å²) < 4.78 is 0. The summed E-state index contributed by atoms with van der Waals surface area (Å²) >= 11 is 0. The number of aldehydes is 1. The highest BCUT2D eigenvalue weighted by Crippen LogP contribution is 2.17. The molecule has 1 aliphatic carbocycles. The van der Waals surface area contributed by atoms with Crippen molar-refractivity contribution in [3.63, 3.8) is 0 Å². The first kappa shape index (κ1) is 9.40. The van der Waals surface area contributed by atoms with Gasteiger partial charge in [-0.3, -0.25) is 14.9 Å². The summed E-state index contributed by atoms with van der Waals surface area (Å²) in [7, 11) is 0. The van der Waals surface area contributed by atoms with Crippen LogP contribution in [0.1, 0.15) is 0 Å². The van der Waals surface area contributed by atoms with Crippen molar-refractivity contribution in [3.8, 4) is 0 Å². The third kappa shape index (κ3) is 1.73. The van der Waals surface area contributed by atoms with Gasteiger partial charge in [-0.05, 0) is 6.08 Å². The largest absolute Gasteiger partial charge is 0.509 e. The second-order valence-corrected chi connectivity index (χ2v) is 2.57. The Morgan fingerprint density at radius 1 is 1.62 bits per heavy atom. The van der Waals surface area contributed by atoms with E-state index < -0.39 is 22.8 Å². The average molecular weight is 185 g/mol. The molecule has 2 N–H and O–H groups in total. The monoisotopic (exact) mass is 185 g/mol. The van der Waals surface area contributed by atoms with Crippen molar-refractivity contribution >= 4 is 6.29 Å². The quantitative estimate of drug-likeness (QED) is 0.345. The Labute approximate surface area is 72.9 Å². The van der Waals surface area contributed by atoms with Crippen molar-refractivity contribution in [1.29, 1.82) is 0 Å². The zero-order valence-corrected chi connectivity index (χ0v) is 6.45. The molecule has 6 nitrogen and oxygen atoms in total. The number of nitro groups is 1. The van der Waals surface area contributed by atoms with Crippen LogP contribution in [0.5, 0.6) is 0 Å². The Kier molecular flexibility index (Phi) is 2.43. The molecule has 0 saturated heterocycles. The van der Waals surface area contributed by atoms with Crippen LogP contribution in [0.25, 0.3) is 0 Å². The van der Waals surface area contributed by atoms with Gasteiger partial charge < -0.3 is 10.2 Å². The summed E-state index contributed by atoms with van der Waals surface area (Å²) in [4.78, 5) is 19.8. The van der Waals surface area contributed by atoms with E-state index in [1.807, 2.05) is 0 Å². The number of allylic oxidation sites excluding steroid dienone is 2. The lowest BCUT2D eigenvalue weighted by atomic mass is 10.00. The Balaban J connectivity index is 3.01. The highest BCUT2D eigenvalue weighted by Gasteiger charge is 2.34. The van der Waals surface area contributed by atoms with E-state index in [0.717, 1.165) is 12.2 Å². The SMILES string of the molecule is O=CC1=CC([N+](=O)[O-])C(O)C(O)=C1. The molecule has 0 aliphatic heterocycles. The first-order valence-electron chi connectivity index (χ1n) is 3.45. The molecule has 1 rings (SSSR count). The summed E-state index contributed by atoms with van der Waals surface area (Å²) in [5, 5.41) is 28.4. The van der Waals surface area contributed by atoms with Crippen LogP contribution in [0.4, 0.5) is 0 Å². The molecular weight excluding hydrogens is 178 g/mol. The van der Waals surface area contributed by atoms with Gasteiger partial charge in [-0.15, -0.1) is 0 Å². The van der Waals surface area contributed by atoms with Gasteiger partial charge >= 0.3 is 0 Å². The van der Waals surface area contributed by atoms with Gasteiger partial charge in [-0.1, -0.05) is 0 Å². The summed E-state index contributed by atoms with van der Waals surface area (Å²) in [6, 6.07) is -1.45. The first-order chi connectivity index (χ1) is 6.06. The van der Waals surface area contributed by atoms with E-state index in [-0.39, 0.29) is 5.57 Å². The summed E-state index contributed by atoms with van der Waals surface area (Å²) in [5.41, 5.74) is -0.00972. The lowest BCUT2D eigenvalue weighted by Crippen LogP contribution is -2.35. The van der Waals surface area contributed by atoms with E-state index in [1.54, 1.807) is 0 Å². The van der Waals surface area contributed by atoms with E-state index in [0.29, 0.717) is 6.29 Å². The van der Waals surface area contributed by atoms with E-state index >= 15 is 0 Å². The van der Waals surface area contributed by atoms with Crippen LogP contribution in [0.2, 0.25) is 0 Å². The van der Waals surface area contributed by atoms with Gasteiger partial charge in [-0.2, -0.15) is 0 Å². The smallest absolute Gasteiger partial charge is 0.264 e. The molecule has 0 fully saturated rings. The Morgan fingerprint density at radius 2 is 2.23 bits per heavy atom. The van der Waals surface area contributed by atoms with Crippen LogP contribution in [-0.4, -0.2) is 33.6 Å². The van der Waals surface area contributed by atoms with Crippen molar-refractivity contribution in [1.82, 2.24) is 0 Å². The number of rotatable bonds is 2. The first-order valence-corrected chi connectivity index (χ1v) is 3.45. The maximum absolute atomic E-state index is 10.3. The Morgan fingerprint density at radius 3 is 2.69 bits per heavy atom. The van der Waals surface area contributed by atoms with Crippen LogP contribution >= 0.6 is 0 Å². The normalized spacial score (nSPS) is 27.5. The minimum absolute atomic E-state index is 0.00972. The highest BCUT2D eigenvalue weighted by atomic mass is 16.6. The third-order valence-electron chi connectivity index (χ3n) is 1.68. The minimum Gasteiger partial charge on any atom is -0.509 e. The topological polar surface area (TPSA) is 101 Å². The molecule has 1 aliphatic rings. The molecule has 0 aromatic rings. The van der Waals surface area contributed by atoms with Gasteiger partial charge in [0.15, 0.2) is 6.10 Å². The lowest BCUT2D eigenvalue weighted by molar-refractivity contribution is -0.519. The number of aliphatic hydroxyl groups excluding tert-OH is 2. The molecule has 6 heteroatoms. The molecule has 2 unspecified atom stereocenters. The molecule has 0 spiro atoms. The van der Waals surface area contributed by atoms with Gasteiger partial charge in [0.25, 0.3) is 6.04 Å². The van der Waals surface area contributed by atoms with E-state index in [2.05, 4.69) is 0 Å². The molecule has 0 bridgehead atoms. The summed E-state index contributed by atoms with van der Waals surface area (Å²) in [6.45, 7) is 0. The van der Waals surface area contributed by atoms with Gasteiger partial charge in [0, 0.05) is 16.6 Å². The number of carbonyl (C=O) groups is 1. The number of hydrogen-bond acceptors (Lipinski definition) is 5. The van der Waals surface area contributed by atoms with Crippen LogP contribution in [-0.2, 0) is 4.79 Å². The van der Waals surface area contributed by atoms with E-state index in [1.165, 1.54) is 0 Å². The zero-order valence-electron chi connectivity index (χ0n) is 6.45. The second-order valence-electron chi connectivity index (χ2n) is 2.57. The minimum atomic E-state index is -1.57. The van der Waals surface area contributed by atoms with Crippen LogP contribution in [0, 0.1) is 10.1 Å². The van der Waals surface area contributed by atoms with Crippen molar-refractivity contribution in [3.05, 3.63) is 33.6 Å². The number of hydrogen-bond donors (Lipinski definition) is 2. The molecule has 0 heterocycles. The molecule has 0 radical (unpaired) electrons. The summed E-state index contributed by atoms with van der Waals surface area (Å²) in [6.07, 6.45) is 0.798. The van der Waals surface area contributed by atoms with Crippen molar-refractivity contribution < 1.29 is 19.9 Å². The fourth-order valence-corrected chi connectivity index (χ4v) is 1.02. The fraction of sp³-hybridized carbons (Fsp3) is 0.286. The van der Waals surface area contributed by atoms with Gasteiger partial charge in [0.05, 0.1) is 0 Å². The molecule has 0 amide bonds. The Bertz CT molecular complexity index is 306. The second kappa shape index (κ2) is 3.36. The van der Waals surface area contributed by atoms with E-state index in [4.69, 9.17) is 10.2 Å². The molecule has 0 saturated carbocycles. The van der Waals surface area contributed by atoms with Gasteiger partial charge in [0.2, 0.25) is 0 Å². The molecule has 0 aromatic heterocycles. The van der Waals surface area contributed by atoms with Crippen molar-refractivity contribution in [2.24, 2.45) is 0 Å². The lowest BCUT2D eigenvalue weighted by Gasteiger charge is -2.16. The number of carbonyl (C=O) groups excluding carboxylic acids is 1. The zero-order chi connectivity index (χ0) is 10.0. The predicted octanol–water partition coefficient (Wildman–Crippen LogP) is -0.427. The predicted molar refractivity (Wildman–Crippen MR) is 41.6 cm³/mol. The van der Waals surface area contributed by atoms with Crippen LogP contribution < -0.4 is 0 Å². The fourth-order valence-electron chi connectivity index (χ4n) is 1.02. The maximum Gasteiger partial charge on any atom is 0.264 e. The van der Waals surface area contributed by atoms with Gasteiger partial charge in [0.1, 0.15) is 12.0 Å². The number of aliphatic hydroxyl groups is 2. The van der Waals surface area contributed by atoms with E-state index in [9.17, 15) is 14.9 Å². The third-order valence-corrected chi connectivity index (χ3v) is 1.68. The number of nitrogens with zero attached hydrogens (tertiary/aromatic N) is 1. The highest BCUT2D eigenvalue weighted by molar-refractivity contribution is 5.78. The average Bonchev–Trinajstić information content (AvgIpc) is 2.09. The Hall–Kier alpha value is -1.69. The summed E-state index contributed by atoms with van der Waals surface area (Å²) in [5.74, 6) is -0.564. The van der Waals surface area contributed by atoms with Crippen molar-refractivity contribution in [2.75, 3.05) is 0 Å². The molecule has 13 heavy (non-hydrogen) atoms. The molecular formula is C7H7NO5. The van der Waals surface area contributed by atoms with Crippen molar-refractivity contribution in [2.45, 2.75) is 12.1 Å². The standard InChI is InChI=1S/C7H7NO5/c9-3-4-1-5(8(12)13)7(11)6(10)2-4/h1-3,5,7,10-11H.